The number of hydrogen-bond acceptors (Lipinski definition) is 12. The molecule has 0 aliphatic carbocycles. The van der Waals surface area contributed by atoms with Crippen molar-refractivity contribution in [3.8, 4) is 0 Å². The summed E-state index contributed by atoms with van der Waals surface area (Å²) >= 11 is -14.6. The SMILES string of the molecule is [La+3].[O]=[Mn]([O-])[O-].[O]=[Mn]([O-])[O-].[O]=[Mn]([O-])[O-].[O]=[Mn]([O-])[O-].[Sc+3].[Sr+2]. The molecule has 0 spiro atoms. The molecule has 0 amide bonds. The maximum atomic E-state index is 8.52. The van der Waals surface area contributed by atoms with Crippen LogP contribution in [-0.4, -0.2) is 45.5 Å². The molecule has 0 saturated carbocycles. The average Bonchev–Trinajstić information content (AvgIpc) is 1.76. The van der Waals surface area contributed by atoms with E-state index in [2.05, 4.69) is 0 Å². The van der Waals surface area contributed by atoms with Gasteiger partial charge in [0.05, 0.1) is 0 Å². The van der Waals surface area contributed by atoms with E-state index in [9.17, 15) is 0 Å². The summed E-state index contributed by atoms with van der Waals surface area (Å²) in [4.78, 5) is 0. The second kappa shape index (κ2) is 38.2. The van der Waals surface area contributed by atoms with Crippen molar-refractivity contribution >= 4 is 45.5 Å². The van der Waals surface area contributed by atoms with E-state index in [-0.39, 0.29) is 107 Å². The summed E-state index contributed by atoms with van der Waals surface area (Å²) in [5.41, 5.74) is 0. The first-order valence-corrected chi connectivity index (χ1v) is 7.63. The fourth-order valence-electron chi connectivity index (χ4n) is 0. The first-order valence-electron chi connectivity index (χ1n) is 1.85. The maximum Gasteiger partial charge on any atom is 3.00 e. The molecule has 0 aromatic heterocycles. The van der Waals surface area contributed by atoms with E-state index >= 15 is 0 Å². The molecule has 0 atom stereocenters. The van der Waals surface area contributed by atoms with Gasteiger partial charge in [-0.2, -0.15) is 0 Å². The van der Waals surface area contributed by atoms with Crippen LogP contribution in [0.4, 0.5) is 0 Å². The monoisotopic (exact) mass is 683 g/mol. The third-order valence-electron chi connectivity index (χ3n) is 0. The Labute approximate surface area is 209 Å². The van der Waals surface area contributed by atoms with Gasteiger partial charge in [0.15, 0.2) is 0 Å². The molecule has 0 saturated heterocycles. The van der Waals surface area contributed by atoms with Crippen LogP contribution in [0, 0.1) is 35.6 Å². The minimum absolute atomic E-state index is 0. The summed E-state index contributed by atoms with van der Waals surface area (Å²) in [7, 11) is 0. The Balaban J connectivity index is -0.0000000192. The van der Waals surface area contributed by atoms with Gasteiger partial charge in [-0.15, -0.1) is 0 Å². The molecule has 19 heavy (non-hydrogen) atoms. The van der Waals surface area contributed by atoms with E-state index in [4.69, 9.17) is 48.8 Å². The van der Waals surface area contributed by atoms with Crippen LogP contribution in [0.1, 0.15) is 0 Å². The predicted molar refractivity (Wildman–Crippen MR) is 8.50 cm³/mol. The molecule has 0 bridgehead atoms. The molecule has 0 heterocycles. The second-order valence-electron chi connectivity index (χ2n) is 0.756. The Bertz CT molecular complexity index is 170. The zero-order valence-corrected chi connectivity index (χ0v) is 21.9. The van der Waals surface area contributed by atoms with Gasteiger partial charge >= 0.3 is 214 Å². The van der Waals surface area contributed by atoms with Crippen LogP contribution < -0.4 is 33.5 Å². The van der Waals surface area contributed by atoms with E-state index in [0.717, 1.165) is 0 Å². The van der Waals surface area contributed by atoms with Gasteiger partial charge in [0, 0.05) is 0 Å². The molecule has 108 valence electrons. The molecule has 0 rings (SSSR count). The molecule has 0 fully saturated rings. The number of hydrogen-bond donors (Lipinski definition) is 0. The van der Waals surface area contributed by atoms with Gasteiger partial charge in [-0.25, -0.2) is 0 Å². The quantitative estimate of drug-likeness (QED) is 0.216. The summed E-state index contributed by atoms with van der Waals surface area (Å²) in [6.45, 7) is 0. The fraction of sp³-hybridized carbons (Fsp3) is 0. The average molecular weight is 683 g/mol. The molecule has 0 aromatic carbocycles. The molecule has 0 unspecified atom stereocenters. The van der Waals surface area contributed by atoms with Crippen LogP contribution in [0.25, 0.3) is 0 Å². The molecular weight excluding hydrogens is 683 g/mol. The van der Waals surface area contributed by atoms with Gasteiger partial charge in [0.25, 0.3) is 0 Å². The number of rotatable bonds is 0. The molecular formula is LaMn4O12ScSr. The van der Waals surface area contributed by atoms with E-state index in [0.29, 0.717) is 0 Å². The Morgan fingerprint density at radius 1 is 0.474 bits per heavy atom. The third-order valence-corrected chi connectivity index (χ3v) is 0. The predicted octanol–water partition coefficient (Wildman–Crippen LogP) is -10.4. The third kappa shape index (κ3) is 466. The van der Waals surface area contributed by atoms with Crippen LogP contribution in [0.3, 0.4) is 0 Å². The fourth-order valence-corrected chi connectivity index (χ4v) is 0. The smallest absolute Gasteiger partial charge is 2.00 e. The van der Waals surface area contributed by atoms with Crippen molar-refractivity contribution in [2.75, 3.05) is 0 Å². The van der Waals surface area contributed by atoms with Crippen molar-refractivity contribution in [2.24, 2.45) is 0 Å². The van der Waals surface area contributed by atoms with Crippen molar-refractivity contribution in [2.45, 2.75) is 0 Å². The molecule has 0 aliphatic heterocycles. The largest absolute Gasteiger partial charge is 3.00 e. The van der Waals surface area contributed by atoms with Gasteiger partial charge in [-0.1, -0.05) is 0 Å². The normalized spacial score (nSPS) is 7.37. The molecule has 19 heteroatoms. The van der Waals surface area contributed by atoms with Crippen LogP contribution in [0.5, 0.6) is 0 Å². The molecule has 0 aliphatic rings. The summed E-state index contributed by atoms with van der Waals surface area (Å²) < 4.78 is 102. The minimum atomic E-state index is -3.65. The van der Waals surface area contributed by atoms with E-state index < -0.39 is 58.0 Å². The molecule has 0 N–H and O–H groups in total. The van der Waals surface area contributed by atoms with Crippen molar-refractivity contribution in [3.05, 3.63) is 0 Å². The van der Waals surface area contributed by atoms with E-state index in [1.807, 2.05) is 0 Å². The molecule has 0 radical (unpaired) electrons. The standard InChI is InChI=1S/La.4Mn.12O.Sc.Sr/q+3;;;;;;;;;8*-1;+3;+2. The van der Waals surface area contributed by atoms with Crippen molar-refractivity contribution in [1.82, 2.24) is 0 Å². The van der Waals surface area contributed by atoms with Crippen molar-refractivity contribution in [3.63, 3.8) is 0 Å². The zero-order chi connectivity index (χ0) is 14.3. The van der Waals surface area contributed by atoms with Gasteiger partial charge in [0.2, 0.25) is 0 Å². The first kappa shape index (κ1) is 43.7. The van der Waals surface area contributed by atoms with Crippen molar-refractivity contribution < 1.29 is 168 Å². The van der Waals surface area contributed by atoms with E-state index in [1.165, 1.54) is 0 Å². The Morgan fingerprint density at radius 3 is 0.474 bits per heavy atom. The Kier molecular flexibility index (Phi) is 87.9. The van der Waals surface area contributed by atoms with Gasteiger partial charge in [-0.05, 0) is 0 Å². The Hall–Kier alpha value is 4.50. The minimum Gasteiger partial charge on any atom is 2.00 e. The molecule has 12 nitrogen and oxygen atoms in total. The Morgan fingerprint density at radius 2 is 0.474 bits per heavy atom. The summed E-state index contributed by atoms with van der Waals surface area (Å²) in [6.07, 6.45) is 0. The van der Waals surface area contributed by atoms with Crippen LogP contribution in [0.15, 0.2) is 0 Å². The summed E-state index contributed by atoms with van der Waals surface area (Å²) in [5, 5.41) is 0. The van der Waals surface area contributed by atoms with Crippen LogP contribution >= 0.6 is 0 Å². The first-order chi connectivity index (χ1) is 6.93. The molecule has 0 aromatic rings. The van der Waals surface area contributed by atoms with Crippen molar-refractivity contribution in [1.29, 1.82) is 0 Å². The van der Waals surface area contributed by atoms with Gasteiger partial charge in [0.1, 0.15) is 0 Å². The second-order valence-corrected chi connectivity index (χ2v) is 3.12. The van der Waals surface area contributed by atoms with Crippen LogP contribution in [0.2, 0.25) is 0 Å². The summed E-state index contributed by atoms with van der Waals surface area (Å²) in [5.74, 6) is 0. The van der Waals surface area contributed by atoms with Gasteiger partial charge < -0.3 is 0 Å². The maximum absolute atomic E-state index is 8.52. The van der Waals surface area contributed by atoms with E-state index in [1.54, 1.807) is 0 Å². The summed E-state index contributed by atoms with van der Waals surface area (Å²) in [6, 6.07) is 0. The topological polar surface area (TPSA) is 253 Å². The van der Waals surface area contributed by atoms with Gasteiger partial charge in [-0.3, -0.25) is 0 Å². The zero-order valence-electron chi connectivity index (χ0n) is 8.27. The van der Waals surface area contributed by atoms with Crippen LogP contribution in [-0.2, 0) is 99.2 Å².